The van der Waals surface area contributed by atoms with Crippen LogP contribution in [-0.2, 0) is 4.74 Å². The Kier molecular flexibility index (Phi) is 3.27. The van der Waals surface area contributed by atoms with E-state index < -0.39 is 12.3 Å². The van der Waals surface area contributed by atoms with Crippen LogP contribution in [-0.4, -0.2) is 30.6 Å². The monoisotopic (exact) mass is 162 g/mol. The average Bonchev–Trinajstić information content (AvgIpc) is 2.39. The summed E-state index contributed by atoms with van der Waals surface area (Å²) in [6.45, 7) is 2.89. The molecule has 1 aliphatic rings. The van der Waals surface area contributed by atoms with Crippen LogP contribution in [0.15, 0.2) is 0 Å². The van der Waals surface area contributed by atoms with E-state index in [4.69, 9.17) is 9.84 Å². The van der Waals surface area contributed by atoms with Gasteiger partial charge in [0.15, 0.2) is 0 Å². The summed E-state index contributed by atoms with van der Waals surface area (Å²) in [6.07, 6.45) is -0.539. The van der Waals surface area contributed by atoms with Gasteiger partial charge in [-0.15, -0.1) is 0 Å². The second-order valence-electron chi connectivity index (χ2n) is 3.22. The summed E-state index contributed by atoms with van der Waals surface area (Å²) in [5.41, 5.74) is 0. The molecule has 0 aromatic heterocycles. The summed E-state index contributed by atoms with van der Waals surface area (Å²) >= 11 is 0. The van der Waals surface area contributed by atoms with Gasteiger partial charge in [0.2, 0.25) is 0 Å². The lowest BCUT2D eigenvalue weighted by molar-refractivity contribution is 0.0737. The smallest absolute Gasteiger partial charge is 0.126 e. The quantitative estimate of drug-likeness (QED) is 0.674. The van der Waals surface area contributed by atoms with Crippen molar-refractivity contribution < 1.29 is 14.2 Å². The SMILES string of the molecule is CC(O)C(F)CC1CCOC1. The summed E-state index contributed by atoms with van der Waals surface area (Å²) in [5, 5.41) is 8.87. The first-order valence-electron chi connectivity index (χ1n) is 4.10. The highest BCUT2D eigenvalue weighted by atomic mass is 19.1. The van der Waals surface area contributed by atoms with Crippen LogP contribution in [0.3, 0.4) is 0 Å². The Labute approximate surface area is 66.4 Å². The van der Waals surface area contributed by atoms with Gasteiger partial charge in [-0.05, 0) is 25.7 Å². The van der Waals surface area contributed by atoms with E-state index in [1.165, 1.54) is 6.92 Å². The zero-order valence-corrected chi connectivity index (χ0v) is 6.79. The molecule has 0 aliphatic carbocycles. The Morgan fingerprint density at radius 1 is 1.73 bits per heavy atom. The maximum atomic E-state index is 12.9. The largest absolute Gasteiger partial charge is 0.390 e. The van der Waals surface area contributed by atoms with Gasteiger partial charge < -0.3 is 9.84 Å². The van der Waals surface area contributed by atoms with Gasteiger partial charge >= 0.3 is 0 Å². The van der Waals surface area contributed by atoms with Gasteiger partial charge in [-0.1, -0.05) is 0 Å². The lowest BCUT2D eigenvalue weighted by Crippen LogP contribution is -2.21. The van der Waals surface area contributed by atoms with Gasteiger partial charge in [-0.2, -0.15) is 0 Å². The normalized spacial score (nSPS) is 30.3. The molecule has 1 aliphatic heterocycles. The molecule has 0 amide bonds. The van der Waals surface area contributed by atoms with Crippen molar-refractivity contribution in [2.45, 2.75) is 32.0 Å². The van der Waals surface area contributed by atoms with Gasteiger partial charge in [-0.3, -0.25) is 0 Å². The van der Waals surface area contributed by atoms with Crippen molar-refractivity contribution in [3.8, 4) is 0 Å². The molecule has 1 N–H and O–H groups in total. The van der Waals surface area contributed by atoms with Crippen LogP contribution in [0.5, 0.6) is 0 Å². The summed E-state index contributed by atoms with van der Waals surface area (Å²) in [6, 6.07) is 0. The minimum absolute atomic E-state index is 0.319. The lowest BCUT2D eigenvalue weighted by atomic mass is 9.99. The molecule has 3 atom stereocenters. The molecule has 3 unspecified atom stereocenters. The maximum absolute atomic E-state index is 12.9. The zero-order valence-electron chi connectivity index (χ0n) is 6.79. The maximum Gasteiger partial charge on any atom is 0.126 e. The summed E-state index contributed by atoms with van der Waals surface area (Å²) < 4.78 is 18.0. The van der Waals surface area contributed by atoms with Crippen LogP contribution >= 0.6 is 0 Å². The first-order valence-corrected chi connectivity index (χ1v) is 4.10. The molecule has 0 aromatic carbocycles. The van der Waals surface area contributed by atoms with E-state index in [2.05, 4.69) is 0 Å². The molecule has 0 spiro atoms. The highest BCUT2D eigenvalue weighted by Gasteiger charge is 2.22. The molecule has 66 valence electrons. The van der Waals surface area contributed by atoms with E-state index >= 15 is 0 Å². The topological polar surface area (TPSA) is 29.5 Å². The fourth-order valence-electron chi connectivity index (χ4n) is 1.28. The van der Waals surface area contributed by atoms with Crippen molar-refractivity contribution in [2.75, 3.05) is 13.2 Å². The molecule has 0 aromatic rings. The van der Waals surface area contributed by atoms with Crippen molar-refractivity contribution in [1.82, 2.24) is 0 Å². The molecular formula is C8H15FO2. The third-order valence-electron chi connectivity index (χ3n) is 2.11. The van der Waals surface area contributed by atoms with E-state index in [1.807, 2.05) is 0 Å². The molecule has 0 bridgehead atoms. The molecule has 0 saturated carbocycles. The highest BCUT2D eigenvalue weighted by molar-refractivity contribution is 4.71. The predicted octanol–water partition coefficient (Wildman–Crippen LogP) is 1.13. The second kappa shape index (κ2) is 4.02. The molecule has 1 fully saturated rings. The lowest BCUT2D eigenvalue weighted by Gasteiger charge is -2.14. The van der Waals surface area contributed by atoms with E-state index in [0.717, 1.165) is 13.0 Å². The number of rotatable bonds is 3. The molecule has 2 nitrogen and oxygen atoms in total. The molecule has 0 radical (unpaired) electrons. The molecule has 1 saturated heterocycles. The number of hydrogen-bond acceptors (Lipinski definition) is 2. The van der Waals surface area contributed by atoms with Crippen LogP contribution in [0.25, 0.3) is 0 Å². The van der Waals surface area contributed by atoms with E-state index in [9.17, 15) is 4.39 Å². The summed E-state index contributed by atoms with van der Waals surface area (Å²) in [7, 11) is 0. The van der Waals surface area contributed by atoms with E-state index in [1.54, 1.807) is 0 Å². The van der Waals surface area contributed by atoms with Crippen molar-refractivity contribution in [1.29, 1.82) is 0 Å². The van der Waals surface area contributed by atoms with Crippen LogP contribution in [0, 0.1) is 5.92 Å². The van der Waals surface area contributed by atoms with Crippen LogP contribution < -0.4 is 0 Å². The van der Waals surface area contributed by atoms with Gasteiger partial charge in [0, 0.05) is 13.2 Å². The van der Waals surface area contributed by atoms with Gasteiger partial charge in [0.05, 0.1) is 6.10 Å². The Bertz CT molecular complexity index is 111. The number of aliphatic hydroxyl groups excluding tert-OH is 1. The summed E-state index contributed by atoms with van der Waals surface area (Å²) in [4.78, 5) is 0. The molecule has 3 heteroatoms. The predicted molar refractivity (Wildman–Crippen MR) is 40.1 cm³/mol. The Morgan fingerprint density at radius 3 is 2.91 bits per heavy atom. The molecule has 1 rings (SSSR count). The number of aliphatic hydroxyl groups is 1. The van der Waals surface area contributed by atoms with E-state index in [-0.39, 0.29) is 0 Å². The Hall–Kier alpha value is -0.150. The van der Waals surface area contributed by atoms with Gasteiger partial charge in [0.1, 0.15) is 6.17 Å². The fraction of sp³-hybridized carbons (Fsp3) is 1.00. The van der Waals surface area contributed by atoms with E-state index in [0.29, 0.717) is 18.9 Å². The summed E-state index contributed by atoms with van der Waals surface area (Å²) in [5.74, 6) is 0.319. The number of ether oxygens (including phenoxy) is 1. The van der Waals surface area contributed by atoms with Crippen LogP contribution in [0.4, 0.5) is 4.39 Å². The first-order chi connectivity index (χ1) is 5.20. The van der Waals surface area contributed by atoms with Gasteiger partial charge in [-0.25, -0.2) is 4.39 Å². The Balaban J connectivity index is 2.18. The van der Waals surface area contributed by atoms with Crippen molar-refractivity contribution >= 4 is 0 Å². The third-order valence-corrected chi connectivity index (χ3v) is 2.11. The standard InChI is InChI=1S/C8H15FO2/c1-6(10)8(9)4-7-2-3-11-5-7/h6-8,10H,2-5H2,1H3. The Morgan fingerprint density at radius 2 is 2.45 bits per heavy atom. The zero-order chi connectivity index (χ0) is 8.27. The van der Waals surface area contributed by atoms with Crippen molar-refractivity contribution in [3.05, 3.63) is 0 Å². The van der Waals surface area contributed by atoms with Crippen molar-refractivity contribution in [3.63, 3.8) is 0 Å². The van der Waals surface area contributed by atoms with Crippen LogP contribution in [0.2, 0.25) is 0 Å². The van der Waals surface area contributed by atoms with Gasteiger partial charge in [0.25, 0.3) is 0 Å². The molecule has 11 heavy (non-hydrogen) atoms. The van der Waals surface area contributed by atoms with Crippen LogP contribution in [0.1, 0.15) is 19.8 Å². The fourth-order valence-corrected chi connectivity index (χ4v) is 1.28. The number of hydrogen-bond donors (Lipinski definition) is 1. The number of alkyl halides is 1. The molecular weight excluding hydrogens is 147 g/mol. The second-order valence-corrected chi connectivity index (χ2v) is 3.22. The highest BCUT2D eigenvalue weighted by Crippen LogP contribution is 2.20. The third kappa shape index (κ3) is 2.75. The van der Waals surface area contributed by atoms with Crippen molar-refractivity contribution in [2.24, 2.45) is 5.92 Å². The molecule has 1 heterocycles. The average molecular weight is 162 g/mol. The number of halogens is 1. The minimum Gasteiger partial charge on any atom is -0.390 e. The minimum atomic E-state index is -1.08. The first kappa shape index (κ1) is 8.94.